The Bertz CT molecular complexity index is 560. The normalized spacial score (nSPS) is 32.3. The Labute approximate surface area is 118 Å². The second-order valence-corrected chi connectivity index (χ2v) is 5.73. The molecule has 19 heavy (non-hydrogen) atoms. The Balaban J connectivity index is 1.81. The van der Waals surface area contributed by atoms with Crippen molar-refractivity contribution < 1.29 is 9.13 Å². The van der Waals surface area contributed by atoms with Gasteiger partial charge in [0.1, 0.15) is 6.07 Å². The van der Waals surface area contributed by atoms with Gasteiger partial charge in [-0.2, -0.15) is 5.26 Å². The maximum atomic E-state index is 14.1. The zero-order valence-corrected chi connectivity index (χ0v) is 11.7. The van der Waals surface area contributed by atoms with Crippen molar-refractivity contribution in [2.45, 2.75) is 24.6 Å². The van der Waals surface area contributed by atoms with Crippen molar-refractivity contribution in [3.8, 4) is 6.07 Å². The molecule has 1 saturated carbocycles. The van der Waals surface area contributed by atoms with Gasteiger partial charge in [-0.1, -0.05) is 0 Å². The van der Waals surface area contributed by atoms with Crippen molar-refractivity contribution >= 4 is 21.6 Å². The van der Waals surface area contributed by atoms with E-state index in [1.54, 1.807) is 12.1 Å². The predicted octanol–water partition coefficient (Wildman–Crippen LogP) is 1.99. The first-order chi connectivity index (χ1) is 9.13. The third-order valence-electron chi connectivity index (χ3n) is 3.97. The number of nitrogens with one attached hydrogen (secondary N) is 1. The van der Waals surface area contributed by atoms with E-state index in [0.717, 1.165) is 13.0 Å². The topological polar surface area (TPSA) is 71.1 Å². The number of rotatable bonds is 2. The average Bonchev–Trinajstić information content (AvgIpc) is 2.85. The minimum absolute atomic E-state index is 0.0127. The van der Waals surface area contributed by atoms with Crippen molar-refractivity contribution in [2.75, 3.05) is 11.9 Å². The highest BCUT2D eigenvalue weighted by atomic mass is 79.9. The molecule has 0 radical (unpaired) electrons. The van der Waals surface area contributed by atoms with E-state index in [1.807, 2.05) is 6.07 Å². The first-order valence-electron chi connectivity index (χ1n) is 6.15. The summed E-state index contributed by atoms with van der Waals surface area (Å²) in [5.41, 5.74) is 6.69. The maximum absolute atomic E-state index is 14.1. The smallest absolute Gasteiger partial charge is 0.161 e. The Hall–Kier alpha value is -1.16. The number of hydrogen-bond acceptors (Lipinski definition) is 4. The second-order valence-electron chi connectivity index (χ2n) is 4.94. The summed E-state index contributed by atoms with van der Waals surface area (Å²) in [7, 11) is 0. The van der Waals surface area contributed by atoms with Gasteiger partial charge in [-0.15, -0.1) is 0 Å². The van der Waals surface area contributed by atoms with Crippen molar-refractivity contribution in [2.24, 2.45) is 11.7 Å². The van der Waals surface area contributed by atoms with Crippen LogP contribution in [-0.4, -0.2) is 24.8 Å². The second kappa shape index (κ2) is 4.75. The minimum atomic E-state index is -0.465. The SMILES string of the molecule is N#Cc1ccc(NC2C(N)C3CCOC32)c(F)c1Br. The van der Waals surface area contributed by atoms with Crippen LogP contribution in [0.15, 0.2) is 16.6 Å². The lowest BCUT2D eigenvalue weighted by Crippen LogP contribution is -2.65. The third-order valence-corrected chi connectivity index (χ3v) is 4.75. The van der Waals surface area contributed by atoms with Crippen molar-refractivity contribution in [1.29, 1.82) is 5.26 Å². The predicted molar refractivity (Wildman–Crippen MR) is 72.0 cm³/mol. The van der Waals surface area contributed by atoms with Gasteiger partial charge in [0, 0.05) is 18.6 Å². The molecular formula is C13H13BrFN3O. The monoisotopic (exact) mass is 325 g/mol. The summed E-state index contributed by atoms with van der Waals surface area (Å²) in [6, 6.07) is 4.99. The summed E-state index contributed by atoms with van der Waals surface area (Å²) in [6.07, 6.45) is 1.05. The zero-order valence-electron chi connectivity index (χ0n) is 10.1. The molecule has 1 heterocycles. The Kier molecular flexibility index (Phi) is 3.21. The first-order valence-corrected chi connectivity index (χ1v) is 6.94. The molecule has 4 atom stereocenters. The third kappa shape index (κ3) is 1.93. The number of fused-ring (bicyclic) bond motifs is 1. The van der Waals surface area contributed by atoms with E-state index >= 15 is 0 Å². The fraction of sp³-hybridized carbons (Fsp3) is 0.462. The van der Waals surface area contributed by atoms with Crippen LogP contribution in [0.4, 0.5) is 10.1 Å². The summed E-state index contributed by atoms with van der Waals surface area (Å²) in [5.74, 6) is -0.0879. The number of benzene rings is 1. The lowest BCUT2D eigenvalue weighted by Gasteiger charge is -2.46. The number of nitrogens with zero attached hydrogens (tertiary/aromatic N) is 1. The van der Waals surface area contributed by atoms with Crippen LogP contribution in [0.2, 0.25) is 0 Å². The van der Waals surface area contributed by atoms with Crippen molar-refractivity contribution in [3.05, 3.63) is 28.0 Å². The molecule has 3 N–H and O–H groups in total. The van der Waals surface area contributed by atoms with E-state index in [4.69, 9.17) is 15.7 Å². The van der Waals surface area contributed by atoms with Crippen LogP contribution in [0.1, 0.15) is 12.0 Å². The van der Waals surface area contributed by atoms with Crippen molar-refractivity contribution in [1.82, 2.24) is 0 Å². The Morgan fingerprint density at radius 2 is 2.32 bits per heavy atom. The molecule has 100 valence electrons. The van der Waals surface area contributed by atoms with Crippen LogP contribution in [0.3, 0.4) is 0 Å². The number of hydrogen-bond donors (Lipinski definition) is 2. The molecule has 6 heteroatoms. The number of ether oxygens (including phenoxy) is 1. The first kappa shape index (κ1) is 12.9. The number of halogens is 2. The van der Waals surface area contributed by atoms with E-state index in [-0.39, 0.29) is 28.2 Å². The molecule has 1 aliphatic heterocycles. The molecule has 1 aromatic carbocycles. The van der Waals surface area contributed by atoms with E-state index in [1.165, 1.54) is 0 Å². The highest BCUT2D eigenvalue weighted by Gasteiger charge is 2.52. The lowest BCUT2D eigenvalue weighted by molar-refractivity contribution is 0.00527. The van der Waals surface area contributed by atoms with E-state index < -0.39 is 5.82 Å². The van der Waals surface area contributed by atoms with Gasteiger partial charge in [-0.05, 0) is 34.5 Å². The summed E-state index contributed by atoms with van der Waals surface area (Å²) in [6.45, 7) is 0.723. The average molecular weight is 326 g/mol. The van der Waals surface area contributed by atoms with Gasteiger partial charge in [-0.3, -0.25) is 0 Å². The fourth-order valence-electron chi connectivity index (χ4n) is 2.85. The summed E-state index contributed by atoms with van der Waals surface area (Å²) >= 11 is 3.09. The van der Waals surface area contributed by atoms with Gasteiger partial charge in [0.2, 0.25) is 0 Å². The summed E-state index contributed by atoms with van der Waals surface area (Å²) < 4.78 is 19.9. The van der Waals surface area contributed by atoms with Crippen LogP contribution in [0.5, 0.6) is 0 Å². The molecule has 0 spiro atoms. The summed E-state index contributed by atoms with van der Waals surface area (Å²) in [4.78, 5) is 0. The number of nitrogens with two attached hydrogens (primary N) is 1. The molecule has 4 unspecified atom stereocenters. The highest BCUT2D eigenvalue weighted by Crippen LogP contribution is 2.40. The van der Waals surface area contributed by atoms with Gasteiger partial charge in [-0.25, -0.2) is 4.39 Å². The molecule has 1 aromatic rings. The van der Waals surface area contributed by atoms with Crippen LogP contribution in [0.25, 0.3) is 0 Å². The highest BCUT2D eigenvalue weighted by molar-refractivity contribution is 9.10. The molecule has 2 aliphatic rings. The van der Waals surface area contributed by atoms with Gasteiger partial charge >= 0.3 is 0 Å². The van der Waals surface area contributed by atoms with Crippen LogP contribution < -0.4 is 11.1 Å². The molecular weight excluding hydrogens is 313 g/mol. The van der Waals surface area contributed by atoms with E-state index in [0.29, 0.717) is 11.6 Å². The van der Waals surface area contributed by atoms with Crippen LogP contribution >= 0.6 is 15.9 Å². The summed E-state index contributed by atoms with van der Waals surface area (Å²) in [5, 5.41) is 11.9. The number of nitriles is 1. The van der Waals surface area contributed by atoms with Gasteiger partial charge in [0.15, 0.2) is 5.82 Å². The molecule has 1 saturated heterocycles. The maximum Gasteiger partial charge on any atom is 0.161 e. The van der Waals surface area contributed by atoms with E-state index in [9.17, 15) is 4.39 Å². The van der Waals surface area contributed by atoms with Crippen LogP contribution in [0, 0.1) is 23.1 Å². The molecule has 0 bridgehead atoms. The Morgan fingerprint density at radius 1 is 1.53 bits per heavy atom. The standard InChI is InChI=1S/C13H13BrFN3O/c14-9-6(5-16)1-2-8(10(9)15)18-12-11(17)7-3-4-19-13(7)12/h1-2,7,11-13,18H,3-4,17H2. The van der Waals surface area contributed by atoms with Crippen LogP contribution in [-0.2, 0) is 4.74 Å². The molecule has 3 rings (SSSR count). The Morgan fingerprint density at radius 3 is 3.05 bits per heavy atom. The molecule has 0 amide bonds. The fourth-order valence-corrected chi connectivity index (χ4v) is 3.29. The molecule has 0 aromatic heterocycles. The largest absolute Gasteiger partial charge is 0.376 e. The molecule has 4 nitrogen and oxygen atoms in total. The van der Waals surface area contributed by atoms with Gasteiger partial charge < -0.3 is 15.8 Å². The van der Waals surface area contributed by atoms with Gasteiger partial charge in [0.25, 0.3) is 0 Å². The zero-order chi connectivity index (χ0) is 13.6. The molecule has 1 aliphatic carbocycles. The quantitative estimate of drug-likeness (QED) is 0.872. The minimum Gasteiger partial charge on any atom is -0.376 e. The van der Waals surface area contributed by atoms with Crippen molar-refractivity contribution in [3.63, 3.8) is 0 Å². The lowest BCUT2D eigenvalue weighted by atomic mass is 9.72. The van der Waals surface area contributed by atoms with Gasteiger partial charge in [0.05, 0.1) is 27.9 Å². The number of anilines is 1. The van der Waals surface area contributed by atoms with E-state index in [2.05, 4.69) is 21.2 Å². The molecule has 2 fully saturated rings.